The number of hydrogen-bond donors (Lipinski definition) is 1. The van der Waals surface area contributed by atoms with Gasteiger partial charge in [-0.15, -0.1) is 24.0 Å². The molecule has 6 heteroatoms. The summed E-state index contributed by atoms with van der Waals surface area (Å²) in [6.45, 7) is 4.63. The highest BCUT2D eigenvalue weighted by Gasteiger charge is 2.30. The van der Waals surface area contributed by atoms with Crippen LogP contribution in [0.4, 0.5) is 11.4 Å². The Bertz CT molecular complexity index is 480. The summed E-state index contributed by atoms with van der Waals surface area (Å²) in [7, 11) is 0. The maximum Gasteiger partial charge on any atom is 0.239 e. The number of piperazine rings is 1. The summed E-state index contributed by atoms with van der Waals surface area (Å²) >= 11 is 5.48. The molecule has 1 N–H and O–H groups in total. The minimum Gasteiger partial charge on any atom is -0.369 e. The Morgan fingerprint density at radius 1 is 1.24 bits per heavy atom. The SMILES string of the molecule is Cl.O=C(CCl)Nc1ccc(N2CCN3CCCC3C2)cc1. The Kier molecular flexibility index (Phi) is 5.73. The maximum atomic E-state index is 11.2. The van der Waals surface area contributed by atoms with Gasteiger partial charge in [0.2, 0.25) is 5.91 Å². The largest absolute Gasteiger partial charge is 0.369 e. The summed E-state index contributed by atoms with van der Waals surface area (Å²) in [5.74, 6) is -0.176. The standard InChI is InChI=1S/C15H20ClN3O.ClH/c16-10-15(20)17-12-3-5-13(6-4-12)19-9-8-18-7-1-2-14(18)11-19;/h3-6,14H,1-2,7-11H2,(H,17,20);1H. The molecule has 4 nitrogen and oxygen atoms in total. The Hall–Kier alpha value is -0.970. The van der Waals surface area contributed by atoms with E-state index in [1.54, 1.807) is 0 Å². The van der Waals surface area contributed by atoms with Gasteiger partial charge in [0.15, 0.2) is 0 Å². The fourth-order valence-corrected chi connectivity index (χ4v) is 3.24. The lowest BCUT2D eigenvalue weighted by Gasteiger charge is -2.38. The van der Waals surface area contributed by atoms with E-state index in [2.05, 4.69) is 27.2 Å². The van der Waals surface area contributed by atoms with Crippen molar-refractivity contribution < 1.29 is 4.79 Å². The first-order valence-electron chi connectivity index (χ1n) is 7.21. The zero-order valence-corrected chi connectivity index (χ0v) is 13.5. The molecular weight excluding hydrogens is 309 g/mol. The van der Waals surface area contributed by atoms with Gasteiger partial charge in [0, 0.05) is 37.1 Å². The van der Waals surface area contributed by atoms with Crippen LogP contribution in [0.15, 0.2) is 24.3 Å². The third kappa shape index (κ3) is 3.82. The first-order valence-corrected chi connectivity index (χ1v) is 7.74. The molecule has 2 heterocycles. The van der Waals surface area contributed by atoms with Crippen molar-refractivity contribution in [2.45, 2.75) is 18.9 Å². The Morgan fingerprint density at radius 2 is 2.00 bits per heavy atom. The maximum absolute atomic E-state index is 11.2. The number of halogens is 2. The molecule has 0 saturated carbocycles. The molecule has 0 aliphatic carbocycles. The van der Waals surface area contributed by atoms with Crippen molar-refractivity contribution in [3.05, 3.63) is 24.3 Å². The molecule has 0 bridgehead atoms. The first-order chi connectivity index (χ1) is 9.76. The highest BCUT2D eigenvalue weighted by molar-refractivity contribution is 6.29. The second-order valence-electron chi connectivity index (χ2n) is 5.51. The van der Waals surface area contributed by atoms with E-state index in [4.69, 9.17) is 11.6 Å². The number of hydrogen-bond acceptors (Lipinski definition) is 3. The van der Waals surface area contributed by atoms with Crippen LogP contribution in [0, 0.1) is 0 Å². The number of benzene rings is 1. The van der Waals surface area contributed by atoms with Crippen LogP contribution in [-0.4, -0.2) is 48.9 Å². The molecular formula is C15H21Cl2N3O. The van der Waals surface area contributed by atoms with Crippen molar-refractivity contribution in [3.8, 4) is 0 Å². The number of carbonyl (C=O) groups excluding carboxylic acids is 1. The van der Waals surface area contributed by atoms with Gasteiger partial charge in [0.25, 0.3) is 0 Å². The number of amides is 1. The van der Waals surface area contributed by atoms with E-state index in [-0.39, 0.29) is 24.2 Å². The second kappa shape index (κ2) is 7.34. The molecule has 1 unspecified atom stereocenters. The van der Waals surface area contributed by atoms with E-state index in [1.165, 1.54) is 25.1 Å². The average Bonchev–Trinajstić information content (AvgIpc) is 2.95. The molecule has 116 valence electrons. The Labute approximate surface area is 136 Å². The lowest BCUT2D eigenvalue weighted by Crippen LogP contribution is -2.50. The van der Waals surface area contributed by atoms with Gasteiger partial charge in [-0.05, 0) is 43.7 Å². The molecule has 3 rings (SSSR count). The molecule has 2 aliphatic heterocycles. The molecule has 0 aromatic heterocycles. The van der Waals surface area contributed by atoms with Gasteiger partial charge in [0.1, 0.15) is 5.88 Å². The molecule has 0 spiro atoms. The highest BCUT2D eigenvalue weighted by atomic mass is 35.5. The van der Waals surface area contributed by atoms with Crippen molar-refractivity contribution in [3.63, 3.8) is 0 Å². The summed E-state index contributed by atoms with van der Waals surface area (Å²) in [6.07, 6.45) is 2.66. The fourth-order valence-electron chi connectivity index (χ4n) is 3.18. The predicted molar refractivity (Wildman–Crippen MR) is 89.8 cm³/mol. The molecule has 2 aliphatic rings. The van der Waals surface area contributed by atoms with Crippen LogP contribution in [0.3, 0.4) is 0 Å². The van der Waals surface area contributed by atoms with Gasteiger partial charge < -0.3 is 10.2 Å². The summed E-state index contributed by atoms with van der Waals surface area (Å²) in [5.41, 5.74) is 2.04. The number of fused-ring (bicyclic) bond motifs is 1. The summed E-state index contributed by atoms with van der Waals surface area (Å²) in [4.78, 5) is 16.3. The Morgan fingerprint density at radius 3 is 2.71 bits per heavy atom. The number of carbonyl (C=O) groups is 1. The van der Waals surface area contributed by atoms with Crippen molar-refractivity contribution in [1.29, 1.82) is 0 Å². The van der Waals surface area contributed by atoms with Crippen molar-refractivity contribution in [2.24, 2.45) is 0 Å². The number of nitrogens with zero attached hydrogens (tertiary/aromatic N) is 2. The number of rotatable bonds is 3. The normalized spacial score (nSPS) is 21.6. The predicted octanol–water partition coefficient (Wildman–Crippen LogP) is 2.57. The second-order valence-corrected chi connectivity index (χ2v) is 5.77. The monoisotopic (exact) mass is 329 g/mol. The molecule has 1 aromatic rings. The molecule has 2 saturated heterocycles. The topological polar surface area (TPSA) is 35.6 Å². The van der Waals surface area contributed by atoms with Crippen molar-refractivity contribution in [1.82, 2.24) is 4.90 Å². The molecule has 2 fully saturated rings. The van der Waals surface area contributed by atoms with Crippen LogP contribution in [-0.2, 0) is 4.79 Å². The van der Waals surface area contributed by atoms with Crippen LogP contribution in [0.1, 0.15) is 12.8 Å². The van der Waals surface area contributed by atoms with Crippen LogP contribution in [0.5, 0.6) is 0 Å². The number of nitrogens with one attached hydrogen (secondary N) is 1. The van der Waals surface area contributed by atoms with E-state index >= 15 is 0 Å². The fraction of sp³-hybridized carbons (Fsp3) is 0.533. The van der Waals surface area contributed by atoms with Gasteiger partial charge in [-0.2, -0.15) is 0 Å². The van der Waals surface area contributed by atoms with E-state index < -0.39 is 0 Å². The summed E-state index contributed by atoms with van der Waals surface area (Å²) in [6, 6.07) is 8.77. The van der Waals surface area contributed by atoms with E-state index in [1.807, 2.05) is 12.1 Å². The molecule has 21 heavy (non-hydrogen) atoms. The van der Waals surface area contributed by atoms with E-state index in [0.29, 0.717) is 0 Å². The minimum atomic E-state index is -0.168. The van der Waals surface area contributed by atoms with Crippen LogP contribution in [0.25, 0.3) is 0 Å². The molecule has 1 atom stereocenters. The van der Waals surface area contributed by atoms with E-state index in [0.717, 1.165) is 31.4 Å². The van der Waals surface area contributed by atoms with Crippen LogP contribution < -0.4 is 10.2 Å². The third-order valence-electron chi connectivity index (χ3n) is 4.22. The van der Waals surface area contributed by atoms with Gasteiger partial charge in [-0.3, -0.25) is 9.69 Å². The zero-order valence-electron chi connectivity index (χ0n) is 11.9. The van der Waals surface area contributed by atoms with Crippen molar-refractivity contribution >= 4 is 41.3 Å². The van der Waals surface area contributed by atoms with Gasteiger partial charge in [-0.25, -0.2) is 0 Å². The summed E-state index contributed by atoms with van der Waals surface area (Å²) in [5, 5.41) is 2.76. The van der Waals surface area contributed by atoms with Gasteiger partial charge >= 0.3 is 0 Å². The lowest BCUT2D eigenvalue weighted by atomic mass is 10.1. The van der Waals surface area contributed by atoms with E-state index in [9.17, 15) is 4.79 Å². The summed E-state index contributed by atoms with van der Waals surface area (Å²) < 4.78 is 0. The Balaban J connectivity index is 0.00000161. The average molecular weight is 330 g/mol. The molecule has 1 amide bonds. The quantitative estimate of drug-likeness (QED) is 0.866. The van der Waals surface area contributed by atoms with Crippen LogP contribution in [0.2, 0.25) is 0 Å². The molecule has 0 radical (unpaired) electrons. The lowest BCUT2D eigenvalue weighted by molar-refractivity contribution is -0.113. The van der Waals surface area contributed by atoms with Crippen molar-refractivity contribution in [2.75, 3.05) is 42.3 Å². The minimum absolute atomic E-state index is 0. The molecule has 1 aromatic carbocycles. The highest BCUT2D eigenvalue weighted by Crippen LogP contribution is 2.26. The van der Waals surface area contributed by atoms with Gasteiger partial charge in [-0.1, -0.05) is 0 Å². The van der Waals surface area contributed by atoms with Gasteiger partial charge in [0.05, 0.1) is 0 Å². The zero-order chi connectivity index (χ0) is 13.9. The third-order valence-corrected chi connectivity index (χ3v) is 4.47. The van der Waals surface area contributed by atoms with Crippen LogP contribution >= 0.6 is 24.0 Å². The first kappa shape index (κ1) is 16.4. The smallest absolute Gasteiger partial charge is 0.239 e. The number of alkyl halides is 1. The number of anilines is 2.